The molecule has 8 heteroatoms. The number of aliphatic hydroxyl groups excluding tert-OH is 1. The van der Waals surface area contributed by atoms with Crippen LogP contribution in [0.25, 0.3) is 11.1 Å². The van der Waals surface area contributed by atoms with Crippen LogP contribution in [0.15, 0.2) is 36.4 Å². The summed E-state index contributed by atoms with van der Waals surface area (Å²) in [6.45, 7) is 4.53. The number of fused-ring (bicyclic) bond motifs is 2. The van der Waals surface area contributed by atoms with Gasteiger partial charge in [-0.05, 0) is 42.5 Å². The minimum atomic E-state index is -0.707. The topological polar surface area (TPSA) is 88.3 Å². The lowest BCUT2D eigenvalue weighted by atomic mass is 9.59. The van der Waals surface area contributed by atoms with Gasteiger partial charge in [0.25, 0.3) is 0 Å². The number of hydrogen-bond donors (Lipinski definition) is 2. The van der Waals surface area contributed by atoms with Gasteiger partial charge in [0.05, 0.1) is 19.3 Å². The number of aryl methyl sites for hydroxylation is 1. The molecule has 2 saturated heterocycles. The van der Waals surface area contributed by atoms with E-state index in [1.807, 2.05) is 42.2 Å². The van der Waals surface area contributed by atoms with Crippen LogP contribution in [0.2, 0.25) is 0 Å². The lowest BCUT2D eigenvalue weighted by Crippen LogP contribution is -2.61. The summed E-state index contributed by atoms with van der Waals surface area (Å²) in [5.74, 6) is -0.280. The maximum Gasteiger partial charge on any atom is 0.320 e. The number of carbonyl (C=O) groups excluding carboxylic acids is 1. The summed E-state index contributed by atoms with van der Waals surface area (Å²) in [4.78, 5) is 16.8. The first-order chi connectivity index (χ1) is 17.4. The van der Waals surface area contributed by atoms with Crippen molar-refractivity contribution < 1.29 is 23.8 Å². The molecule has 5 rings (SSSR count). The Morgan fingerprint density at radius 1 is 1.25 bits per heavy atom. The number of halogens is 1. The number of likely N-dealkylation sites (tertiary alicyclic amines) is 1. The number of amides is 2. The molecule has 2 aromatic carbocycles. The van der Waals surface area contributed by atoms with E-state index in [0.29, 0.717) is 38.4 Å². The number of methoxy groups -OCH3 is 1. The van der Waals surface area contributed by atoms with Gasteiger partial charge in [-0.2, -0.15) is 0 Å². The molecule has 36 heavy (non-hydrogen) atoms. The first kappa shape index (κ1) is 25.1. The highest BCUT2D eigenvalue weighted by atomic mass is 19.1. The van der Waals surface area contributed by atoms with E-state index in [1.165, 1.54) is 6.07 Å². The molecule has 2 fully saturated rings. The largest absolute Gasteiger partial charge is 0.390 e. The molecular formula is C28H36FN3O4. The fraction of sp³-hybridized carbons (Fsp3) is 0.536. The maximum absolute atomic E-state index is 15.4. The number of unbranched alkanes of at least 4 members (excludes halogenated alkanes) is 1. The van der Waals surface area contributed by atoms with Crippen molar-refractivity contribution in [3.05, 3.63) is 58.9 Å². The molecule has 0 saturated carbocycles. The smallest absolute Gasteiger partial charge is 0.320 e. The number of rotatable bonds is 6. The molecule has 1 aliphatic carbocycles. The zero-order valence-corrected chi connectivity index (χ0v) is 21.1. The Balaban J connectivity index is 1.49. The predicted octanol–water partition coefficient (Wildman–Crippen LogP) is 3.37. The fourth-order valence-corrected chi connectivity index (χ4v) is 6.18. The number of urea groups is 1. The van der Waals surface area contributed by atoms with E-state index >= 15 is 4.39 Å². The molecule has 0 aromatic heterocycles. The summed E-state index contributed by atoms with van der Waals surface area (Å²) >= 11 is 0. The highest BCUT2D eigenvalue weighted by molar-refractivity contribution is 5.77. The van der Waals surface area contributed by atoms with Crippen LogP contribution >= 0.6 is 0 Å². The number of aliphatic hydroxyl groups is 1. The van der Waals surface area contributed by atoms with Crippen molar-refractivity contribution in [2.75, 3.05) is 46.5 Å². The SMILES string of the molecule is COCCCC[C@H]1c2c(ccc(F)c2-c2cccc(C)c2)[C@@]12CN(C(=O)N1C[C@@H](N)[C@@H](O)C1)CCO2. The second-order valence-electron chi connectivity index (χ2n) is 10.4. The molecule has 0 bridgehead atoms. The van der Waals surface area contributed by atoms with Gasteiger partial charge in [0.1, 0.15) is 11.4 Å². The lowest BCUT2D eigenvalue weighted by Gasteiger charge is -2.56. The van der Waals surface area contributed by atoms with Crippen LogP contribution < -0.4 is 5.73 Å². The van der Waals surface area contributed by atoms with Crippen molar-refractivity contribution in [2.24, 2.45) is 5.73 Å². The number of carbonyl (C=O) groups is 1. The first-order valence-corrected chi connectivity index (χ1v) is 12.9. The van der Waals surface area contributed by atoms with Gasteiger partial charge in [0.2, 0.25) is 0 Å². The van der Waals surface area contributed by atoms with Crippen LogP contribution in [-0.4, -0.2) is 79.6 Å². The molecule has 0 unspecified atom stereocenters. The van der Waals surface area contributed by atoms with E-state index in [2.05, 4.69) is 0 Å². The molecule has 4 atom stereocenters. The molecular weight excluding hydrogens is 461 g/mol. The molecule has 194 valence electrons. The Hall–Kier alpha value is -2.52. The van der Waals surface area contributed by atoms with Crippen LogP contribution in [0.3, 0.4) is 0 Å². The number of β-amino-alcohol motifs (C(OH)–C–C–N with tert-alkyl or cyclic N) is 1. The zero-order valence-electron chi connectivity index (χ0n) is 21.1. The maximum atomic E-state index is 15.4. The van der Waals surface area contributed by atoms with E-state index in [-0.39, 0.29) is 24.3 Å². The third-order valence-corrected chi connectivity index (χ3v) is 7.98. The molecule has 2 heterocycles. The third-order valence-electron chi connectivity index (χ3n) is 7.98. The van der Waals surface area contributed by atoms with Gasteiger partial charge in [-0.3, -0.25) is 0 Å². The highest BCUT2D eigenvalue weighted by Crippen LogP contribution is 2.59. The van der Waals surface area contributed by atoms with Gasteiger partial charge in [0, 0.05) is 50.9 Å². The number of morpholine rings is 1. The molecule has 3 N–H and O–H groups in total. The van der Waals surface area contributed by atoms with Crippen LogP contribution in [0.1, 0.15) is 41.9 Å². The van der Waals surface area contributed by atoms with E-state index in [0.717, 1.165) is 41.5 Å². The van der Waals surface area contributed by atoms with Crippen molar-refractivity contribution in [3.63, 3.8) is 0 Å². The number of hydrogen-bond acceptors (Lipinski definition) is 5. The summed E-state index contributed by atoms with van der Waals surface area (Å²) in [6.07, 6.45) is 1.92. The summed E-state index contributed by atoms with van der Waals surface area (Å²) in [6, 6.07) is 10.7. The van der Waals surface area contributed by atoms with E-state index in [9.17, 15) is 9.90 Å². The Morgan fingerprint density at radius 2 is 2.08 bits per heavy atom. The predicted molar refractivity (Wildman–Crippen MR) is 135 cm³/mol. The molecule has 7 nitrogen and oxygen atoms in total. The summed E-state index contributed by atoms with van der Waals surface area (Å²) in [5, 5.41) is 10.1. The van der Waals surface area contributed by atoms with Gasteiger partial charge in [-0.15, -0.1) is 0 Å². The summed E-state index contributed by atoms with van der Waals surface area (Å²) < 4.78 is 27.1. The van der Waals surface area contributed by atoms with E-state index in [4.69, 9.17) is 15.2 Å². The Morgan fingerprint density at radius 3 is 2.81 bits per heavy atom. The van der Waals surface area contributed by atoms with E-state index < -0.39 is 17.7 Å². The molecule has 0 radical (unpaired) electrons. The van der Waals surface area contributed by atoms with Crippen molar-refractivity contribution in [3.8, 4) is 11.1 Å². The van der Waals surface area contributed by atoms with Crippen LogP contribution in [-0.2, 0) is 15.1 Å². The summed E-state index contributed by atoms with van der Waals surface area (Å²) in [5.41, 5.74) is 9.81. The van der Waals surface area contributed by atoms with Gasteiger partial charge < -0.3 is 30.1 Å². The van der Waals surface area contributed by atoms with Gasteiger partial charge in [-0.25, -0.2) is 9.18 Å². The van der Waals surface area contributed by atoms with Crippen molar-refractivity contribution in [1.29, 1.82) is 0 Å². The fourth-order valence-electron chi connectivity index (χ4n) is 6.18. The molecule has 1 spiro atoms. The Kier molecular flexibility index (Phi) is 7.05. The van der Waals surface area contributed by atoms with Crippen molar-refractivity contribution >= 4 is 6.03 Å². The van der Waals surface area contributed by atoms with Gasteiger partial charge in [0.15, 0.2) is 0 Å². The third kappa shape index (κ3) is 4.30. The van der Waals surface area contributed by atoms with Crippen molar-refractivity contribution in [1.82, 2.24) is 9.80 Å². The average molecular weight is 498 g/mol. The van der Waals surface area contributed by atoms with Crippen LogP contribution in [0.4, 0.5) is 9.18 Å². The Bertz CT molecular complexity index is 1120. The van der Waals surface area contributed by atoms with Crippen LogP contribution in [0, 0.1) is 12.7 Å². The normalized spacial score (nSPS) is 27.3. The highest BCUT2D eigenvalue weighted by Gasteiger charge is 2.57. The number of nitrogens with two attached hydrogens (primary N) is 1. The summed E-state index contributed by atoms with van der Waals surface area (Å²) in [7, 11) is 1.69. The second-order valence-corrected chi connectivity index (χ2v) is 10.4. The van der Waals surface area contributed by atoms with Crippen LogP contribution in [0.5, 0.6) is 0 Å². The Labute approximate surface area is 212 Å². The molecule has 2 aliphatic heterocycles. The molecule has 2 aromatic rings. The minimum absolute atomic E-state index is 0.0439. The monoisotopic (exact) mass is 497 g/mol. The molecule has 3 aliphatic rings. The quantitative estimate of drug-likeness (QED) is 0.598. The number of ether oxygens (including phenoxy) is 2. The average Bonchev–Trinajstić information content (AvgIpc) is 3.21. The van der Waals surface area contributed by atoms with E-state index in [1.54, 1.807) is 12.0 Å². The first-order valence-electron chi connectivity index (χ1n) is 12.9. The standard InChI is InChI=1S/C28H36FN3O4/c1-18-6-5-7-19(14-18)25-22(29)10-9-21-26(25)20(8-3-4-12-35-2)28(21)17-31(11-13-36-28)27(34)32-15-23(30)24(33)16-32/h5-7,9-10,14,20,23-24,33H,3-4,8,11-13,15-17,30H2,1-2H3/t20-,23+,24-,28+/m0/s1. The van der Waals surface area contributed by atoms with Crippen molar-refractivity contribution in [2.45, 2.75) is 49.9 Å². The second kappa shape index (κ2) is 10.1. The number of nitrogens with zero attached hydrogens (tertiary/aromatic N) is 2. The zero-order chi connectivity index (χ0) is 25.4. The minimum Gasteiger partial charge on any atom is -0.390 e. The lowest BCUT2D eigenvalue weighted by molar-refractivity contribution is -0.140. The number of benzene rings is 2. The van der Waals surface area contributed by atoms with Gasteiger partial charge in [-0.1, -0.05) is 42.3 Å². The molecule has 2 amide bonds. The van der Waals surface area contributed by atoms with Gasteiger partial charge >= 0.3 is 6.03 Å².